The van der Waals surface area contributed by atoms with Crippen LogP contribution in [0.3, 0.4) is 0 Å². The fourth-order valence-corrected chi connectivity index (χ4v) is 8.59. The van der Waals surface area contributed by atoms with Crippen LogP contribution in [0.1, 0.15) is 67.6 Å². The Kier molecular flexibility index (Phi) is 6.86. The molecule has 0 aliphatic heterocycles. The van der Waals surface area contributed by atoms with Gasteiger partial charge in [0.05, 0.1) is 45.5 Å². The highest BCUT2D eigenvalue weighted by Crippen LogP contribution is 2.65. The molecule has 15 heteroatoms. The molecule has 230 valence electrons. The van der Waals surface area contributed by atoms with Gasteiger partial charge in [0, 0.05) is 6.42 Å². The van der Waals surface area contributed by atoms with Crippen LogP contribution in [0.4, 0.5) is 33.5 Å². The molecule has 1 amide bonds. The molecule has 2 unspecified atom stereocenters. The lowest BCUT2D eigenvalue weighted by atomic mass is 9.46. The molecule has 7 rings (SSSR count). The van der Waals surface area contributed by atoms with Crippen LogP contribution in [-0.4, -0.2) is 30.4 Å². The van der Waals surface area contributed by atoms with Crippen molar-refractivity contribution >= 4 is 29.0 Å². The van der Waals surface area contributed by atoms with Gasteiger partial charge < -0.3 is 15.4 Å². The number of hydrogen-bond acceptors (Lipinski definition) is 5. The van der Waals surface area contributed by atoms with Gasteiger partial charge in [-0.2, -0.15) is 9.78 Å². The average molecular weight is 627 g/mol. The summed E-state index contributed by atoms with van der Waals surface area (Å²) in [6, 6.07) is 0. The first-order valence-corrected chi connectivity index (χ1v) is 14.3. The summed E-state index contributed by atoms with van der Waals surface area (Å²) in [6.45, 7) is 4.07. The Bertz CT molecular complexity index is 1660. The van der Waals surface area contributed by atoms with Gasteiger partial charge in [0.2, 0.25) is 11.7 Å². The molecular weight excluding hydrogens is 599 g/mol. The van der Waals surface area contributed by atoms with Crippen molar-refractivity contribution in [2.45, 2.75) is 77.8 Å². The molecule has 0 spiro atoms. The third-order valence-electron chi connectivity index (χ3n) is 9.59. The van der Waals surface area contributed by atoms with E-state index in [1.54, 1.807) is 18.5 Å². The molecule has 1 aromatic carbocycles. The number of benzene rings is 1. The quantitative estimate of drug-likeness (QED) is 0.104. The number of rotatable bonds is 7. The predicted octanol–water partition coefficient (Wildman–Crippen LogP) is 6.63. The Labute approximate surface area is 247 Å². The van der Waals surface area contributed by atoms with E-state index in [-0.39, 0.29) is 34.3 Å². The van der Waals surface area contributed by atoms with Crippen LogP contribution >= 0.6 is 11.6 Å². The number of aryl methyl sites for hydroxylation is 1. The fraction of sp³-hybridized carbons (Fsp3) is 0.536. The zero-order valence-corrected chi connectivity index (χ0v) is 24.3. The van der Waals surface area contributed by atoms with Crippen molar-refractivity contribution in [3.05, 3.63) is 66.9 Å². The van der Waals surface area contributed by atoms with E-state index >= 15 is 0 Å². The van der Waals surface area contributed by atoms with Crippen LogP contribution in [0, 0.1) is 77.2 Å². The van der Waals surface area contributed by atoms with Crippen LogP contribution in [-0.2, 0) is 16.9 Å². The Morgan fingerprint density at radius 2 is 1.56 bits per heavy atom. The van der Waals surface area contributed by atoms with E-state index in [1.165, 1.54) is 6.92 Å². The van der Waals surface area contributed by atoms with E-state index in [9.17, 15) is 36.9 Å². The highest BCUT2D eigenvalue weighted by Gasteiger charge is 2.61. The van der Waals surface area contributed by atoms with Gasteiger partial charge in [0.25, 0.3) is 0 Å². The fourth-order valence-electron chi connectivity index (χ4n) is 8.40. The summed E-state index contributed by atoms with van der Waals surface area (Å²) in [5, 5.41) is 22.9. The number of carbonyl (C=O) groups is 1. The van der Waals surface area contributed by atoms with Crippen molar-refractivity contribution in [1.29, 1.82) is 0 Å². The molecule has 4 saturated carbocycles. The summed E-state index contributed by atoms with van der Waals surface area (Å²) < 4.78 is 72.4. The van der Waals surface area contributed by atoms with Crippen molar-refractivity contribution in [3.8, 4) is 0 Å². The predicted molar refractivity (Wildman–Crippen MR) is 144 cm³/mol. The summed E-state index contributed by atoms with van der Waals surface area (Å²) >= 11 is 6.29. The maximum atomic E-state index is 14.3. The molecule has 2 aromatic heterocycles. The maximum absolute atomic E-state index is 14.3. The largest absolute Gasteiger partial charge is 0.408 e. The number of amides is 1. The zero-order chi connectivity index (χ0) is 31.2. The molecule has 4 aliphatic rings. The Balaban J connectivity index is 1.24. The van der Waals surface area contributed by atoms with E-state index < -0.39 is 51.7 Å². The van der Waals surface area contributed by atoms with Gasteiger partial charge >= 0.3 is 5.82 Å². The number of aromatic nitrogens is 4. The van der Waals surface area contributed by atoms with Crippen molar-refractivity contribution in [3.63, 3.8) is 0 Å². The monoisotopic (exact) mass is 626 g/mol. The Morgan fingerprint density at radius 1 is 0.977 bits per heavy atom. The number of nitro groups is 1. The van der Waals surface area contributed by atoms with Crippen LogP contribution in [0.2, 0.25) is 5.02 Å². The minimum absolute atomic E-state index is 0.0152. The third-order valence-corrected chi connectivity index (χ3v) is 10.0. The van der Waals surface area contributed by atoms with E-state index in [4.69, 9.17) is 11.6 Å². The molecule has 1 N–H and O–H groups in total. The van der Waals surface area contributed by atoms with Crippen molar-refractivity contribution < 1.29 is 31.7 Å². The lowest BCUT2D eigenvalue weighted by molar-refractivity contribution is -0.389. The number of halogens is 6. The third kappa shape index (κ3) is 4.59. The normalized spacial score (nSPS) is 25.9. The summed E-state index contributed by atoms with van der Waals surface area (Å²) in [7, 11) is 0. The molecule has 2 heterocycles. The molecule has 0 radical (unpaired) electrons. The average Bonchev–Trinajstić information content (AvgIpc) is 3.37. The van der Waals surface area contributed by atoms with Gasteiger partial charge in [-0.25, -0.2) is 22.0 Å². The second kappa shape index (κ2) is 10.00. The van der Waals surface area contributed by atoms with Crippen LogP contribution in [0.25, 0.3) is 0 Å². The summed E-state index contributed by atoms with van der Waals surface area (Å²) in [4.78, 5) is 24.5. The van der Waals surface area contributed by atoms with Crippen molar-refractivity contribution in [2.75, 3.05) is 5.32 Å². The minimum Gasteiger partial charge on any atom is -0.358 e. The molecule has 2 atom stereocenters. The molecular formula is C28H28ClF5N6O3. The summed E-state index contributed by atoms with van der Waals surface area (Å²) in [5.41, 5.74) is -0.483. The first kappa shape index (κ1) is 29.5. The second-order valence-electron chi connectivity index (χ2n) is 12.6. The Hall–Kier alpha value is -3.55. The van der Waals surface area contributed by atoms with Crippen LogP contribution in [0.15, 0.2) is 0 Å². The zero-order valence-electron chi connectivity index (χ0n) is 23.5. The standard InChI is InChI=1S/C28H28ClF5N6O3/c1-12-25(14(3)38(36-12)10-17-20(30)22(32)24(34)23(33)21(17)31)35-18(41)9-27-5-15-4-16(6-27)8-28(7-15,11-27)39-13(2)19(29)26(37-39)40(42)43/h15-16H,4-11H2,1-3H3,(H,35,41). The van der Waals surface area contributed by atoms with Crippen LogP contribution in [0.5, 0.6) is 0 Å². The van der Waals surface area contributed by atoms with Crippen LogP contribution < -0.4 is 5.32 Å². The van der Waals surface area contributed by atoms with E-state index in [1.807, 2.05) is 0 Å². The highest BCUT2D eigenvalue weighted by molar-refractivity contribution is 6.33. The number of carbonyl (C=O) groups excluding carboxylic acids is 1. The number of anilines is 1. The topological polar surface area (TPSA) is 108 Å². The van der Waals surface area contributed by atoms with Gasteiger partial charge in [0.15, 0.2) is 28.3 Å². The molecule has 3 aromatic rings. The van der Waals surface area contributed by atoms with Crippen molar-refractivity contribution in [1.82, 2.24) is 19.6 Å². The Morgan fingerprint density at radius 3 is 2.12 bits per heavy atom. The highest BCUT2D eigenvalue weighted by atomic mass is 35.5. The van der Waals surface area contributed by atoms with E-state index in [0.717, 1.165) is 36.8 Å². The number of nitrogens with zero attached hydrogens (tertiary/aromatic N) is 5. The first-order valence-electron chi connectivity index (χ1n) is 13.9. The molecule has 0 saturated heterocycles. The lowest BCUT2D eigenvalue weighted by Gasteiger charge is -2.61. The van der Waals surface area contributed by atoms with Gasteiger partial charge in [-0.3, -0.25) is 9.48 Å². The number of nitrogens with one attached hydrogen (secondary N) is 1. The molecule has 9 nitrogen and oxygen atoms in total. The summed E-state index contributed by atoms with van der Waals surface area (Å²) in [5.74, 6) is -10.2. The van der Waals surface area contributed by atoms with Crippen molar-refractivity contribution in [2.24, 2.45) is 17.3 Å². The molecule has 4 aliphatic carbocycles. The van der Waals surface area contributed by atoms with Gasteiger partial charge in [-0.05, 0) is 81.5 Å². The molecule has 4 fully saturated rings. The smallest absolute Gasteiger partial charge is 0.358 e. The maximum Gasteiger partial charge on any atom is 0.408 e. The van der Waals surface area contributed by atoms with Gasteiger partial charge in [-0.15, -0.1) is 0 Å². The SMILES string of the molecule is Cc1nn(Cc2c(F)c(F)c(F)c(F)c2F)c(C)c1NC(=O)CC12CC3CC(C1)CC(n1nc([N+](=O)[O-])c(Cl)c1C)(C3)C2. The molecule has 43 heavy (non-hydrogen) atoms. The lowest BCUT2D eigenvalue weighted by Crippen LogP contribution is -2.57. The summed E-state index contributed by atoms with van der Waals surface area (Å²) in [6.07, 6.45) is 5.03. The minimum atomic E-state index is -2.24. The van der Waals surface area contributed by atoms with Gasteiger partial charge in [-0.1, -0.05) is 11.6 Å². The first-order chi connectivity index (χ1) is 20.1. The second-order valence-corrected chi connectivity index (χ2v) is 12.9. The molecule has 4 bridgehead atoms. The van der Waals surface area contributed by atoms with E-state index in [0.29, 0.717) is 35.3 Å². The van der Waals surface area contributed by atoms with E-state index in [2.05, 4.69) is 15.5 Å². The van der Waals surface area contributed by atoms with Gasteiger partial charge in [0.1, 0.15) is 0 Å². The number of hydrogen-bond donors (Lipinski definition) is 1.